The Hall–Kier alpha value is -3.17. The molecule has 3 N–H and O–H groups in total. The molecule has 1 aliphatic rings. The van der Waals surface area contributed by atoms with Crippen LogP contribution in [0.2, 0.25) is 5.02 Å². The summed E-state index contributed by atoms with van der Waals surface area (Å²) >= 11 is 7.76. The number of nitrogens with two attached hydrogens (primary N) is 1. The van der Waals surface area contributed by atoms with E-state index in [2.05, 4.69) is 15.4 Å². The minimum absolute atomic E-state index is 0.291. The van der Waals surface area contributed by atoms with E-state index in [4.69, 9.17) is 26.8 Å². The lowest BCUT2D eigenvalue weighted by molar-refractivity contribution is -0.115. The molecule has 0 bridgehead atoms. The van der Waals surface area contributed by atoms with E-state index < -0.39 is 11.9 Å². The summed E-state index contributed by atoms with van der Waals surface area (Å²) in [6.45, 7) is 4.12. The number of primary amides is 1. The molecule has 1 amide bonds. The van der Waals surface area contributed by atoms with Crippen LogP contribution in [0, 0.1) is 0 Å². The number of fused-ring (bicyclic) bond motifs is 1. The molecule has 0 saturated heterocycles. The van der Waals surface area contributed by atoms with Gasteiger partial charge in [0.2, 0.25) is 17.0 Å². The van der Waals surface area contributed by atoms with Crippen LogP contribution in [-0.2, 0) is 11.4 Å². The van der Waals surface area contributed by atoms with Crippen molar-refractivity contribution in [2.75, 3.05) is 18.2 Å². The predicted molar refractivity (Wildman–Crippen MR) is 129 cm³/mol. The summed E-state index contributed by atoms with van der Waals surface area (Å²) in [6, 6.07) is 12.4. The second-order valence-electron chi connectivity index (χ2n) is 7.32. The summed E-state index contributed by atoms with van der Waals surface area (Å²) in [6.07, 6.45) is 0. The van der Waals surface area contributed by atoms with Crippen molar-refractivity contribution in [2.45, 2.75) is 31.7 Å². The van der Waals surface area contributed by atoms with Gasteiger partial charge in [-0.15, -0.1) is 5.10 Å². The van der Waals surface area contributed by atoms with Crippen LogP contribution in [0.25, 0.3) is 0 Å². The number of nitrogens with zero attached hydrogens (tertiary/aromatic N) is 3. The molecule has 1 atom stereocenters. The summed E-state index contributed by atoms with van der Waals surface area (Å²) in [5.41, 5.74) is 8.45. The van der Waals surface area contributed by atoms with Crippen LogP contribution in [0.15, 0.2) is 58.9 Å². The number of nitrogens with one attached hydrogen (secondary N) is 1. The van der Waals surface area contributed by atoms with E-state index in [1.165, 1.54) is 11.8 Å². The van der Waals surface area contributed by atoms with Gasteiger partial charge in [0.05, 0.1) is 12.7 Å². The molecule has 0 spiro atoms. The van der Waals surface area contributed by atoms with Gasteiger partial charge in [-0.1, -0.05) is 54.6 Å². The molecule has 0 radical (unpaired) electrons. The first-order valence-electron chi connectivity index (χ1n) is 10.3. The number of carbonyl (C=O) groups excluding carboxylic acids is 1. The fourth-order valence-electron chi connectivity index (χ4n) is 3.69. The highest BCUT2D eigenvalue weighted by molar-refractivity contribution is 7.99. The van der Waals surface area contributed by atoms with Crippen LogP contribution in [0.4, 0.5) is 5.95 Å². The zero-order valence-corrected chi connectivity index (χ0v) is 20.0. The van der Waals surface area contributed by atoms with Gasteiger partial charge in [0, 0.05) is 16.3 Å². The van der Waals surface area contributed by atoms with Crippen molar-refractivity contribution in [1.29, 1.82) is 0 Å². The van der Waals surface area contributed by atoms with E-state index in [1.807, 2.05) is 43.3 Å². The van der Waals surface area contributed by atoms with E-state index in [-0.39, 0.29) is 0 Å². The number of ether oxygens (including phenoxy) is 2. The van der Waals surface area contributed by atoms with Gasteiger partial charge in [0.1, 0.15) is 12.6 Å². The smallest absolute Gasteiger partial charge is 0.248 e. The lowest BCUT2D eigenvalue weighted by atomic mass is 9.95. The van der Waals surface area contributed by atoms with Gasteiger partial charge in [-0.05, 0) is 36.4 Å². The number of hydrogen-bond donors (Lipinski definition) is 2. The average molecular weight is 486 g/mol. The van der Waals surface area contributed by atoms with Gasteiger partial charge >= 0.3 is 0 Å². The fraction of sp³-hybridized carbons (Fsp3) is 0.261. The number of rotatable bonds is 8. The van der Waals surface area contributed by atoms with Crippen LogP contribution < -0.4 is 20.5 Å². The Bertz CT molecular complexity index is 1230. The molecule has 0 aliphatic carbocycles. The Kier molecular flexibility index (Phi) is 6.80. The van der Waals surface area contributed by atoms with Crippen molar-refractivity contribution in [2.24, 2.45) is 5.73 Å². The maximum absolute atomic E-state index is 12.4. The standard InChI is InChI=1S/C23H24ClN5O3S/c1-4-33-23-27-22-26-13(2)19(21(25)30)20(29(22)28-23)14-9-10-17(18(11-14)31-3)32-12-15-7-5-6-8-16(15)24/h5-11,20H,4,12H2,1-3H3,(H2,25,30)(H,26,27,28). The van der Waals surface area contributed by atoms with Gasteiger partial charge in [-0.3, -0.25) is 4.79 Å². The molecule has 0 fully saturated rings. The highest BCUT2D eigenvalue weighted by Gasteiger charge is 2.33. The highest BCUT2D eigenvalue weighted by atomic mass is 35.5. The molecule has 2 heterocycles. The molecule has 8 nitrogen and oxygen atoms in total. The zero-order valence-electron chi connectivity index (χ0n) is 18.5. The Morgan fingerprint density at radius 2 is 2.06 bits per heavy atom. The maximum atomic E-state index is 12.4. The predicted octanol–water partition coefficient (Wildman–Crippen LogP) is 4.41. The summed E-state index contributed by atoms with van der Waals surface area (Å²) < 4.78 is 13.3. The number of allylic oxidation sites excluding steroid dienone is 1. The second kappa shape index (κ2) is 9.76. The van der Waals surface area contributed by atoms with E-state index in [0.29, 0.717) is 45.5 Å². The van der Waals surface area contributed by atoms with Crippen molar-refractivity contribution in [3.8, 4) is 11.5 Å². The number of aromatic nitrogens is 3. The third-order valence-electron chi connectivity index (χ3n) is 5.22. The van der Waals surface area contributed by atoms with Gasteiger partial charge in [0.25, 0.3) is 0 Å². The van der Waals surface area contributed by atoms with Crippen LogP contribution in [-0.4, -0.2) is 33.5 Å². The highest BCUT2D eigenvalue weighted by Crippen LogP contribution is 2.39. The van der Waals surface area contributed by atoms with E-state index in [9.17, 15) is 4.79 Å². The Balaban J connectivity index is 1.71. The molecule has 2 aromatic carbocycles. The van der Waals surface area contributed by atoms with Gasteiger partial charge < -0.3 is 20.5 Å². The lowest BCUT2D eigenvalue weighted by Gasteiger charge is -2.28. The molecule has 172 valence electrons. The van der Waals surface area contributed by atoms with Gasteiger partial charge in [-0.25, -0.2) is 4.68 Å². The van der Waals surface area contributed by atoms with E-state index in [1.54, 1.807) is 24.8 Å². The van der Waals surface area contributed by atoms with Crippen molar-refractivity contribution < 1.29 is 14.3 Å². The first-order valence-corrected chi connectivity index (χ1v) is 11.7. The topological polar surface area (TPSA) is 104 Å². The summed E-state index contributed by atoms with van der Waals surface area (Å²) in [5, 5.41) is 9.00. The summed E-state index contributed by atoms with van der Waals surface area (Å²) in [5.74, 6) is 1.92. The van der Waals surface area contributed by atoms with E-state index >= 15 is 0 Å². The molecule has 1 aromatic heterocycles. The van der Waals surface area contributed by atoms with Crippen molar-refractivity contribution in [3.05, 3.63) is 69.9 Å². The third kappa shape index (κ3) is 4.65. The third-order valence-corrected chi connectivity index (χ3v) is 6.31. The first kappa shape index (κ1) is 23.0. The number of halogens is 1. The Morgan fingerprint density at radius 1 is 1.27 bits per heavy atom. The van der Waals surface area contributed by atoms with Crippen molar-refractivity contribution in [1.82, 2.24) is 14.8 Å². The minimum Gasteiger partial charge on any atom is -0.493 e. The molecule has 10 heteroatoms. The molecule has 1 unspecified atom stereocenters. The Labute approximate surface area is 201 Å². The summed E-state index contributed by atoms with van der Waals surface area (Å²) in [4.78, 5) is 16.9. The number of benzene rings is 2. The van der Waals surface area contributed by atoms with Crippen molar-refractivity contribution in [3.63, 3.8) is 0 Å². The number of hydrogen-bond acceptors (Lipinski definition) is 7. The second-order valence-corrected chi connectivity index (χ2v) is 8.95. The fourth-order valence-corrected chi connectivity index (χ4v) is 4.44. The number of amides is 1. The largest absolute Gasteiger partial charge is 0.493 e. The number of carbonyl (C=O) groups is 1. The number of methoxy groups -OCH3 is 1. The van der Waals surface area contributed by atoms with Gasteiger partial charge in [-0.2, -0.15) is 4.98 Å². The zero-order chi connectivity index (χ0) is 23.5. The van der Waals surface area contributed by atoms with Crippen LogP contribution in [0.1, 0.15) is 31.0 Å². The molecular formula is C23H24ClN5O3S. The van der Waals surface area contributed by atoms with Gasteiger partial charge in [0.15, 0.2) is 11.5 Å². The Morgan fingerprint density at radius 3 is 2.76 bits per heavy atom. The number of anilines is 1. The van der Waals surface area contributed by atoms with Crippen LogP contribution in [0.3, 0.4) is 0 Å². The SMILES string of the molecule is CCSc1nc2n(n1)C(c1ccc(OCc3ccccc3Cl)c(OC)c1)C(C(N)=O)=C(C)N2. The maximum Gasteiger partial charge on any atom is 0.248 e. The monoisotopic (exact) mass is 485 g/mol. The molecule has 33 heavy (non-hydrogen) atoms. The van der Waals surface area contributed by atoms with Crippen molar-refractivity contribution >= 4 is 35.2 Å². The quantitative estimate of drug-likeness (QED) is 0.455. The van der Waals surface area contributed by atoms with E-state index in [0.717, 1.165) is 16.9 Å². The van der Waals surface area contributed by atoms with Crippen LogP contribution in [0.5, 0.6) is 11.5 Å². The molecule has 0 saturated carbocycles. The molecule has 1 aliphatic heterocycles. The average Bonchev–Trinajstić information content (AvgIpc) is 3.19. The molecule has 3 aromatic rings. The summed E-state index contributed by atoms with van der Waals surface area (Å²) in [7, 11) is 1.57. The minimum atomic E-state index is -0.552. The normalized spacial score (nSPS) is 15.1. The number of thioether (sulfide) groups is 1. The first-order chi connectivity index (χ1) is 15.9. The molecular weight excluding hydrogens is 462 g/mol. The van der Waals surface area contributed by atoms with Crippen LogP contribution >= 0.6 is 23.4 Å². The molecule has 4 rings (SSSR count). The lowest BCUT2D eigenvalue weighted by Crippen LogP contribution is -2.31.